The monoisotopic (exact) mass is 290 g/mol. The number of carbonyl (C=O) groups is 2. The Morgan fingerprint density at radius 2 is 2.17 bits per heavy atom. The summed E-state index contributed by atoms with van der Waals surface area (Å²) in [5.74, 6) is -1.17. The van der Waals surface area contributed by atoms with E-state index in [-0.39, 0.29) is 28.3 Å². The fourth-order valence-electron chi connectivity index (χ4n) is 2.00. The minimum atomic E-state index is -0.889. The van der Waals surface area contributed by atoms with Crippen LogP contribution in [0.2, 0.25) is 10.2 Å². The zero-order chi connectivity index (χ0) is 13.5. The smallest absolute Gasteiger partial charge is 0.311 e. The number of H-pyrrole nitrogens is 1. The summed E-state index contributed by atoms with van der Waals surface area (Å²) in [6.45, 7) is 2.24. The Hall–Kier alpha value is -1.20. The second kappa shape index (κ2) is 4.48. The van der Waals surface area contributed by atoms with Crippen LogP contribution in [0.5, 0.6) is 0 Å². The molecule has 1 atom stereocenters. The van der Waals surface area contributed by atoms with E-state index in [2.05, 4.69) is 4.98 Å². The first-order valence-electron chi connectivity index (χ1n) is 5.40. The number of halogens is 2. The van der Waals surface area contributed by atoms with Gasteiger partial charge in [-0.15, -0.1) is 0 Å². The van der Waals surface area contributed by atoms with Crippen molar-refractivity contribution >= 4 is 35.1 Å². The highest BCUT2D eigenvalue weighted by molar-refractivity contribution is 6.41. The Labute approximate surface area is 114 Å². The minimum absolute atomic E-state index is 0.190. The molecular weight excluding hydrogens is 279 g/mol. The average Bonchev–Trinajstić information content (AvgIpc) is 2.84. The summed E-state index contributed by atoms with van der Waals surface area (Å²) >= 11 is 11.5. The minimum Gasteiger partial charge on any atom is -0.481 e. The summed E-state index contributed by atoms with van der Waals surface area (Å²) in [5, 5.41) is 9.59. The zero-order valence-corrected chi connectivity index (χ0v) is 11.2. The molecule has 0 radical (unpaired) electrons. The lowest BCUT2D eigenvalue weighted by Crippen LogP contribution is -2.35. The molecule has 0 aromatic carbocycles. The first-order valence-corrected chi connectivity index (χ1v) is 6.16. The quantitative estimate of drug-likeness (QED) is 0.877. The molecule has 5 nitrogen and oxygen atoms in total. The number of hydrogen-bond donors (Lipinski definition) is 2. The van der Waals surface area contributed by atoms with Crippen LogP contribution in [0, 0.1) is 5.41 Å². The zero-order valence-electron chi connectivity index (χ0n) is 9.67. The fourth-order valence-corrected chi connectivity index (χ4v) is 2.31. The summed E-state index contributed by atoms with van der Waals surface area (Å²) in [6.07, 6.45) is 0.441. The van der Waals surface area contributed by atoms with E-state index in [1.807, 2.05) is 0 Å². The normalized spacial score (nSPS) is 23.4. The molecule has 2 heterocycles. The molecule has 0 spiro atoms. The molecule has 98 valence electrons. The average molecular weight is 291 g/mol. The van der Waals surface area contributed by atoms with Crippen LogP contribution >= 0.6 is 23.2 Å². The number of carboxylic acid groups (broad SMARTS) is 1. The Kier molecular flexibility index (Phi) is 3.29. The number of hydrogen-bond acceptors (Lipinski definition) is 2. The Morgan fingerprint density at radius 1 is 1.50 bits per heavy atom. The highest BCUT2D eigenvalue weighted by atomic mass is 35.5. The second-order valence-electron chi connectivity index (χ2n) is 4.69. The lowest BCUT2D eigenvalue weighted by Gasteiger charge is -2.19. The maximum atomic E-state index is 12.1. The molecule has 1 aromatic rings. The van der Waals surface area contributed by atoms with Crippen LogP contribution in [0.3, 0.4) is 0 Å². The number of carboxylic acids is 1. The standard InChI is InChI=1S/C11H12Cl2N2O3/c1-11(10(17)18)2-3-15(5-11)9(16)7-4-6(12)8(13)14-7/h4,14H,2-3,5H2,1H3,(H,17,18)/t11-/m1/s1. The van der Waals surface area contributed by atoms with Crippen molar-refractivity contribution < 1.29 is 14.7 Å². The summed E-state index contributed by atoms with van der Waals surface area (Å²) < 4.78 is 0. The topological polar surface area (TPSA) is 73.4 Å². The molecular formula is C11H12Cl2N2O3. The SMILES string of the molecule is C[C@@]1(C(=O)O)CCN(C(=O)c2cc(Cl)c(Cl)[nH]2)C1. The molecule has 0 aliphatic carbocycles. The summed E-state index contributed by atoms with van der Waals surface area (Å²) in [4.78, 5) is 27.4. The lowest BCUT2D eigenvalue weighted by atomic mass is 9.90. The predicted molar refractivity (Wildman–Crippen MR) is 67.1 cm³/mol. The van der Waals surface area contributed by atoms with Gasteiger partial charge in [-0.3, -0.25) is 9.59 Å². The lowest BCUT2D eigenvalue weighted by molar-refractivity contribution is -0.147. The molecule has 2 N–H and O–H groups in total. The van der Waals surface area contributed by atoms with Gasteiger partial charge in [0.1, 0.15) is 10.8 Å². The van der Waals surface area contributed by atoms with Gasteiger partial charge in [-0.1, -0.05) is 23.2 Å². The highest BCUT2D eigenvalue weighted by Crippen LogP contribution is 2.31. The van der Waals surface area contributed by atoms with Crippen molar-refractivity contribution in [2.45, 2.75) is 13.3 Å². The number of rotatable bonds is 2. The van der Waals surface area contributed by atoms with E-state index in [1.54, 1.807) is 6.92 Å². The van der Waals surface area contributed by atoms with Gasteiger partial charge in [0.05, 0.1) is 10.4 Å². The predicted octanol–water partition coefficient (Wildman–Crippen LogP) is 2.26. The van der Waals surface area contributed by atoms with Crippen molar-refractivity contribution in [2.24, 2.45) is 5.41 Å². The van der Waals surface area contributed by atoms with Crippen LogP contribution in [-0.2, 0) is 4.79 Å². The highest BCUT2D eigenvalue weighted by Gasteiger charge is 2.42. The number of nitrogens with one attached hydrogen (secondary N) is 1. The molecule has 18 heavy (non-hydrogen) atoms. The molecule has 1 saturated heterocycles. The number of amides is 1. The van der Waals surface area contributed by atoms with E-state index in [0.29, 0.717) is 13.0 Å². The van der Waals surface area contributed by atoms with Crippen LogP contribution in [0.15, 0.2) is 6.07 Å². The molecule has 7 heteroatoms. The first-order chi connectivity index (χ1) is 8.33. The molecule has 1 fully saturated rings. The Balaban J connectivity index is 2.15. The first kappa shape index (κ1) is 13.2. The maximum Gasteiger partial charge on any atom is 0.311 e. The summed E-state index contributed by atoms with van der Waals surface area (Å²) in [5.41, 5.74) is -0.602. The van der Waals surface area contributed by atoms with Gasteiger partial charge in [-0.05, 0) is 19.4 Å². The Morgan fingerprint density at radius 3 is 2.61 bits per heavy atom. The molecule has 1 aromatic heterocycles. The molecule has 0 saturated carbocycles. The van der Waals surface area contributed by atoms with E-state index in [4.69, 9.17) is 28.3 Å². The van der Waals surface area contributed by atoms with Crippen LogP contribution in [-0.4, -0.2) is 40.0 Å². The van der Waals surface area contributed by atoms with E-state index in [1.165, 1.54) is 11.0 Å². The number of aromatic amines is 1. The molecule has 1 amide bonds. The summed E-state index contributed by atoms with van der Waals surface area (Å²) in [7, 11) is 0. The Bertz CT molecular complexity index is 495. The van der Waals surface area contributed by atoms with Gasteiger partial charge in [-0.25, -0.2) is 0 Å². The number of nitrogens with zero attached hydrogens (tertiary/aromatic N) is 1. The van der Waals surface area contributed by atoms with Gasteiger partial charge in [0.25, 0.3) is 5.91 Å². The van der Waals surface area contributed by atoms with E-state index in [0.717, 1.165) is 0 Å². The van der Waals surface area contributed by atoms with Crippen LogP contribution < -0.4 is 0 Å². The van der Waals surface area contributed by atoms with Gasteiger partial charge < -0.3 is 15.0 Å². The van der Waals surface area contributed by atoms with Crippen molar-refractivity contribution in [3.05, 3.63) is 21.9 Å². The van der Waals surface area contributed by atoms with Crippen LogP contribution in [0.25, 0.3) is 0 Å². The van der Waals surface area contributed by atoms with Gasteiger partial charge in [0, 0.05) is 13.1 Å². The number of aromatic nitrogens is 1. The van der Waals surface area contributed by atoms with Crippen molar-refractivity contribution in [1.29, 1.82) is 0 Å². The van der Waals surface area contributed by atoms with E-state index in [9.17, 15) is 9.59 Å². The molecule has 2 rings (SSSR count). The van der Waals surface area contributed by atoms with E-state index >= 15 is 0 Å². The molecule has 1 aliphatic heterocycles. The number of aliphatic carboxylic acids is 1. The second-order valence-corrected chi connectivity index (χ2v) is 5.47. The van der Waals surface area contributed by atoms with Gasteiger partial charge >= 0.3 is 5.97 Å². The molecule has 0 unspecified atom stereocenters. The van der Waals surface area contributed by atoms with Crippen molar-refractivity contribution in [3.63, 3.8) is 0 Å². The van der Waals surface area contributed by atoms with Gasteiger partial charge in [0.15, 0.2) is 0 Å². The largest absolute Gasteiger partial charge is 0.481 e. The van der Waals surface area contributed by atoms with Crippen LogP contribution in [0.1, 0.15) is 23.8 Å². The third kappa shape index (κ3) is 2.20. The fraction of sp³-hybridized carbons (Fsp3) is 0.455. The van der Waals surface area contributed by atoms with Gasteiger partial charge in [0.2, 0.25) is 0 Å². The van der Waals surface area contributed by atoms with E-state index < -0.39 is 11.4 Å². The molecule has 1 aliphatic rings. The van der Waals surface area contributed by atoms with Crippen LogP contribution in [0.4, 0.5) is 0 Å². The van der Waals surface area contributed by atoms with Crippen molar-refractivity contribution in [3.8, 4) is 0 Å². The maximum absolute atomic E-state index is 12.1. The van der Waals surface area contributed by atoms with Crippen molar-refractivity contribution in [1.82, 2.24) is 9.88 Å². The third-order valence-corrected chi connectivity index (χ3v) is 3.93. The summed E-state index contributed by atoms with van der Waals surface area (Å²) in [6, 6.07) is 1.45. The number of carbonyl (C=O) groups excluding carboxylic acids is 1. The third-order valence-electron chi connectivity index (χ3n) is 3.23. The van der Waals surface area contributed by atoms with Gasteiger partial charge in [-0.2, -0.15) is 0 Å². The number of likely N-dealkylation sites (tertiary alicyclic amines) is 1. The van der Waals surface area contributed by atoms with Crippen molar-refractivity contribution in [2.75, 3.05) is 13.1 Å². The molecule has 0 bridgehead atoms.